The number of benzene rings is 1. The molecule has 1 aromatic heterocycles. The van der Waals surface area contributed by atoms with Gasteiger partial charge in [0.05, 0.1) is 11.4 Å². The van der Waals surface area contributed by atoms with Crippen molar-refractivity contribution < 1.29 is 22.3 Å². The molecule has 1 saturated heterocycles. The molecule has 0 spiro atoms. The van der Waals surface area contributed by atoms with E-state index in [1.807, 2.05) is 4.57 Å². The number of aryl methyl sites for hydroxylation is 1. The monoisotopic (exact) mass is 425 g/mol. The molecule has 1 aromatic carbocycles. The van der Waals surface area contributed by atoms with Crippen molar-refractivity contribution in [1.29, 1.82) is 0 Å². The van der Waals surface area contributed by atoms with Crippen LogP contribution in [0, 0.1) is 5.82 Å². The number of aromatic nitrogens is 3. The maximum atomic E-state index is 13.1. The number of amides is 1. The average Bonchev–Trinajstić information content (AvgIpc) is 3.36. The van der Waals surface area contributed by atoms with Crippen molar-refractivity contribution in [3.8, 4) is 0 Å². The van der Waals surface area contributed by atoms with E-state index >= 15 is 0 Å². The molecule has 1 N–H and O–H groups in total. The van der Waals surface area contributed by atoms with Crippen molar-refractivity contribution in [3.63, 3.8) is 0 Å². The predicted molar refractivity (Wildman–Crippen MR) is 102 cm³/mol. The van der Waals surface area contributed by atoms with Gasteiger partial charge in [0.2, 0.25) is 15.9 Å². The number of rotatable bonds is 9. The zero-order valence-corrected chi connectivity index (χ0v) is 16.9. The molecular weight excluding hydrogens is 401 g/mol. The Morgan fingerprint density at radius 1 is 1.34 bits per heavy atom. The Morgan fingerprint density at radius 2 is 2.10 bits per heavy atom. The molecule has 2 aromatic rings. The molecule has 9 nitrogen and oxygen atoms in total. The summed E-state index contributed by atoms with van der Waals surface area (Å²) in [5, 5.41) is 10.6. The minimum absolute atomic E-state index is 0.0310. The molecule has 1 amide bonds. The van der Waals surface area contributed by atoms with Crippen LogP contribution >= 0.6 is 0 Å². The van der Waals surface area contributed by atoms with Gasteiger partial charge in [-0.3, -0.25) is 4.79 Å². The summed E-state index contributed by atoms with van der Waals surface area (Å²) < 4.78 is 46.9. The molecule has 1 aliphatic heterocycles. The number of carbonyl (C=O) groups is 1. The minimum atomic E-state index is -3.89. The Hall–Kier alpha value is -2.37. The van der Waals surface area contributed by atoms with E-state index in [9.17, 15) is 17.6 Å². The van der Waals surface area contributed by atoms with Crippen LogP contribution < -0.4 is 5.32 Å². The number of hydrogen-bond donors (Lipinski definition) is 1. The summed E-state index contributed by atoms with van der Waals surface area (Å²) in [7, 11) is -2.26. The molecule has 2 heterocycles. The summed E-state index contributed by atoms with van der Waals surface area (Å²) >= 11 is 0. The summed E-state index contributed by atoms with van der Waals surface area (Å²) in [6, 6.07) is 3.79. The van der Waals surface area contributed by atoms with E-state index in [1.54, 1.807) is 13.4 Å². The van der Waals surface area contributed by atoms with Gasteiger partial charge in [-0.25, -0.2) is 12.8 Å². The van der Waals surface area contributed by atoms with Crippen LogP contribution in [0.1, 0.15) is 25.1 Å². The van der Waals surface area contributed by atoms with Crippen molar-refractivity contribution in [2.45, 2.75) is 43.3 Å². The lowest BCUT2D eigenvalue weighted by Gasteiger charge is -2.23. The molecule has 3 rings (SSSR count). The summed E-state index contributed by atoms with van der Waals surface area (Å²) in [5.74, 6) is -0.325. The van der Waals surface area contributed by atoms with Crippen LogP contribution in [0.25, 0.3) is 0 Å². The molecule has 29 heavy (non-hydrogen) atoms. The van der Waals surface area contributed by atoms with E-state index in [0.717, 1.165) is 18.6 Å². The highest BCUT2D eigenvalue weighted by Gasteiger charge is 2.39. The summed E-state index contributed by atoms with van der Waals surface area (Å²) in [6.07, 6.45) is 3.36. The van der Waals surface area contributed by atoms with E-state index in [2.05, 4.69) is 15.5 Å². The fourth-order valence-corrected chi connectivity index (χ4v) is 4.95. The highest BCUT2D eigenvalue weighted by molar-refractivity contribution is 7.89. The number of hydrogen-bond acceptors (Lipinski definition) is 6. The number of nitrogens with one attached hydrogen (secondary N) is 1. The van der Waals surface area contributed by atoms with Gasteiger partial charge >= 0.3 is 0 Å². The Bertz CT molecular complexity index is 932. The van der Waals surface area contributed by atoms with Crippen molar-refractivity contribution in [1.82, 2.24) is 24.4 Å². The van der Waals surface area contributed by atoms with Crippen LogP contribution in [0.5, 0.6) is 0 Å². The third-order valence-electron chi connectivity index (χ3n) is 4.79. The summed E-state index contributed by atoms with van der Waals surface area (Å²) in [5.41, 5.74) is 0. The molecule has 0 bridgehead atoms. The quantitative estimate of drug-likeness (QED) is 0.599. The third-order valence-corrected chi connectivity index (χ3v) is 6.71. The number of sulfonamides is 1. The predicted octanol–water partition coefficient (Wildman–Crippen LogP) is 0.923. The Kier molecular flexibility index (Phi) is 6.93. The second kappa shape index (κ2) is 9.42. The van der Waals surface area contributed by atoms with Crippen molar-refractivity contribution in [3.05, 3.63) is 42.2 Å². The van der Waals surface area contributed by atoms with Crippen LogP contribution in [0.4, 0.5) is 4.39 Å². The average molecular weight is 425 g/mol. The normalized spacial score (nSPS) is 17.5. The van der Waals surface area contributed by atoms with Gasteiger partial charge in [0.1, 0.15) is 18.2 Å². The van der Waals surface area contributed by atoms with Crippen molar-refractivity contribution >= 4 is 15.9 Å². The molecule has 1 atom stereocenters. The van der Waals surface area contributed by atoms with Crippen LogP contribution in [0.2, 0.25) is 0 Å². The summed E-state index contributed by atoms with van der Waals surface area (Å²) in [6.45, 7) is 1.64. The van der Waals surface area contributed by atoms with Gasteiger partial charge in [0.15, 0.2) is 5.82 Å². The zero-order valence-electron chi connectivity index (χ0n) is 16.1. The minimum Gasteiger partial charge on any atom is -0.385 e. The van der Waals surface area contributed by atoms with Crippen LogP contribution in [-0.4, -0.2) is 59.7 Å². The second-order valence-electron chi connectivity index (χ2n) is 6.73. The lowest BCUT2D eigenvalue weighted by molar-refractivity contribution is -0.124. The van der Waals surface area contributed by atoms with E-state index in [0.29, 0.717) is 31.8 Å². The van der Waals surface area contributed by atoms with Gasteiger partial charge in [0, 0.05) is 26.8 Å². The molecular formula is C18H24FN5O4S. The van der Waals surface area contributed by atoms with Gasteiger partial charge in [-0.2, -0.15) is 4.31 Å². The first kappa shape index (κ1) is 21.3. The number of methoxy groups -OCH3 is 1. The maximum absolute atomic E-state index is 13.1. The van der Waals surface area contributed by atoms with Gasteiger partial charge in [-0.05, 0) is 43.5 Å². The molecule has 1 fully saturated rings. The number of halogens is 1. The lowest BCUT2D eigenvalue weighted by Crippen LogP contribution is -2.45. The molecule has 0 radical (unpaired) electrons. The van der Waals surface area contributed by atoms with Gasteiger partial charge in [-0.15, -0.1) is 10.2 Å². The largest absolute Gasteiger partial charge is 0.385 e. The first-order valence-corrected chi connectivity index (χ1v) is 10.8. The summed E-state index contributed by atoms with van der Waals surface area (Å²) in [4.78, 5) is 12.7. The SMILES string of the molecule is COCCCn1cnnc1CNC(=O)C1CCCN1S(=O)(=O)c1ccc(F)cc1. The first-order valence-electron chi connectivity index (χ1n) is 9.34. The van der Waals surface area contributed by atoms with E-state index < -0.39 is 21.9 Å². The van der Waals surface area contributed by atoms with Crippen molar-refractivity contribution in [2.24, 2.45) is 0 Å². The Morgan fingerprint density at radius 3 is 2.83 bits per heavy atom. The van der Waals surface area contributed by atoms with Crippen LogP contribution in [0.3, 0.4) is 0 Å². The van der Waals surface area contributed by atoms with Gasteiger partial charge < -0.3 is 14.6 Å². The Labute approximate surface area is 168 Å². The maximum Gasteiger partial charge on any atom is 0.243 e. The third kappa shape index (κ3) is 4.98. The number of carbonyl (C=O) groups excluding carboxylic acids is 1. The Balaban J connectivity index is 1.65. The molecule has 1 unspecified atom stereocenters. The zero-order chi connectivity index (χ0) is 20.9. The van der Waals surface area contributed by atoms with E-state index in [4.69, 9.17) is 4.74 Å². The molecule has 1 aliphatic rings. The molecule has 158 valence electrons. The standard InChI is InChI=1S/C18H24FN5O4S/c1-28-11-3-9-23-13-21-22-17(23)12-20-18(25)16-4-2-10-24(16)29(26,27)15-7-5-14(19)6-8-15/h5-8,13,16H,2-4,9-12H2,1H3,(H,20,25). The first-order chi connectivity index (χ1) is 13.9. The highest BCUT2D eigenvalue weighted by Crippen LogP contribution is 2.26. The van der Waals surface area contributed by atoms with Gasteiger partial charge in [-0.1, -0.05) is 0 Å². The highest BCUT2D eigenvalue weighted by atomic mass is 32.2. The second-order valence-corrected chi connectivity index (χ2v) is 8.62. The lowest BCUT2D eigenvalue weighted by atomic mass is 10.2. The van der Waals surface area contributed by atoms with E-state index in [-0.39, 0.29) is 23.9 Å². The smallest absolute Gasteiger partial charge is 0.243 e. The number of nitrogens with zero attached hydrogens (tertiary/aromatic N) is 4. The fraction of sp³-hybridized carbons (Fsp3) is 0.500. The molecule has 0 saturated carbocycles. The van der Waals surface area contributed by atoms with E-state index in [1.165, 1.54) is 16.4 Å². The van der Waals surface area contributed by atoms with Gasteiger partial charge in [0.25, 0.3) is 0 Å². The van der Waals surface area contributed by atoms with Crippen LogP contribution in [0.15, 0.2) is 35.5 Å². The molecule has 0 aliphatic carbocycles. The van der Waals surface area contributed by atoms with Crippen LogP contribution in [-0.2, 0) is 32.6 Å². The fourth-order valence-electron chi connectivity index (χ4n) is 3.30. The molecule has 11 heteroatoms. The topological polar surface area (TPSA) is 106 Å². The number of ether oxygens (including phenoxy) is 1. The van der Waals surface area contributed by atoms with Crippen molar-refractivity contribution in [2.75, 3.05) is 20.3 Å².